The number of amides is 5. The smallest absolute Gasteiger partial charge is 0.327 e. The Balaban J connectivity index is 2.29. The molecule has 0 radical (unpaired) electrons. The summed E-state index contributed by atoms with van der Waals surface area (Å²) in [5.41, 5.74) is 17.5. The molecule has 11 N–H and O–H groups in total. The molecule has 2 rings (SSSR count). The average Bonchev–Trinajstić information content (AvgIpc) is 3.29. The van der Waals surface area contributed by atoms with Gasteiger partial charge < -0.3 is 43.2 Å². The zero-order chi connectivity index (χ0) is 29.1. The molecule has 0 saturated heterocycles. The Morgan fingerprint density at radius 1 is 0.846 bits per heavy atom. The molecular formula is C24H33N7O7S. The van der Waals surface area contributed by atoms with Crippen LogP contribution in [0.25, 0.3) is 10.9 Å². The quantitative estimate of drug-likeness (QED) is 0.103. The lowest BCUT2D eigenvalue weighted by molar-refractivity contribution is -0.141. The predicted molar refractivity (Wildman–Crippen MR) is 144 cm³/mol. The van der Waals surface area contributed by atoms with Gasteiger partial charge >= 0.3 is 5.97 Å². The summed E-state index contributed by atoms with van der Waals surface area (Å²) in [6.45, 7) is 0. The van der Waals surface area contributed by atoms with Crippen molar-refractivity contribution in [1.29, 1.82) is 0 Å². The van der Waals surface area contributed by atoms with E-state index in [0.29, 0.717) is 5.56 Å². The lowest BCUT2D eigenvalue weighted by atomic mass is 10.0. The number of hydrogen-bond acceptors (Lipinski definition) is 8. The van der Waals surface area contributed by atoms with E-state index < -0.39 is 59.7 Å². The Morgan fingerprint density at radius 3 is 2.03 bits per heavy atom. The van der Waals surface area contributed by atoms with Crippen molar-refractivity contribution >= 4 is 59.0 Å². The van der Waals surface area contributed by atoms with E-state index in [9.17, 15) is 33.9 Å². The fraction of sp³-hybridized carbons (Fsp3) is 0.417. The van der Waals surface area contributed by atoms with E-state index in [1.54, 1.807) is 12.3 Å². The molecule has 14 nitrogen and oxygen atoms in total. The summed E-state index contributed by atoms with van der Waals surface area (Å²) in [5.74, 6) is -5.31. The Morgan fingerprint density at radius 2 is 1.41 bits per heavy atom. The van der Waals surface area contributed by atoms with Gasteiger partial charge in [-0.3, -0.25) is 24.0 Å². The van der Waals surface area contributed by atoms with Crippen molar-refractivity contribution in [3.05, 3.63) is 36.0 Å². The normalized spacial score (nSPS) is 14.0. The molecule has 0 fully saturated rings. The van der Waals surface area contributed by atoms with Crippen LogP contribution in [0.1, 0.15) is 31.2 Å². The van der Waals surface area contributed by atoms with E-state index in [4.69, 9.17) is 17.2 Å². The van der Waals surface area contributed by atoms with Crippen molar-refractivity contribution in [3.63, 3.8) is 0 Å². The van der Waals surface area contributed by atoms with Crippen molar-refractivity contribution in [1.82, 2.24) is 20.9 Å². The Hall–Kier alpha value is -4.11. The molecule has 15 heteroatoms. The number of para-hydroxylation sites is 1. The Labute approximate surface area is 229 Å². The summed E-state index contributed by atoms with van der Waals surface area (Å²) in [6.07, 6.45) is 0.927. The number of aromatic amines is 1. The van der Waals surface area contributed by atoms with Gasteiger partial charge in [-0.25, -0.2) is 4.79 Å². The maximum Gasteiger partial charge on any atom is 0.327 e. The molecule has 0 aliphatic heterocycles. The minimum absolute atomic E-state index is 0.0326. The van der Waals surface area contributed by atoms with Crippen molar-refractivity contribution in [2.45, 2.75) is 56.3 Å². The third-order valence-corrected chi connectivity index (χ3v) is 6.25. The Bertz CT molecular complexity index is 1220. The first kappa shape index (κ1) is 31.1. The number of hydrogen-bond donors (Lipinski definition) is 9. The fourth-order valence-corrected chi connectivity index (χ4v) is 3.97. The number of carbonyl (C=O) groups is 6. The molecule has 39 heavy (non-hydrogen) atoms. The van der Waals surface area contributed by atoms with E-state index in [-0.39, 0.29) is 37.9 Å². The van der Waals surface area contributed by atoms with Crippen LogP contribution in [-0.2, 0) is 35.2 Å². The zero-order valence-electron chi connectivity index (χ0n) is 21.0. The number of carboxylic acid groups (broad SMARTS) is 1. The van der Waals surface area contributed by atoms with E-state index in [2.05, 4.69) is 33.6 Å². The number of aliphatic carboxylic acids is 1. The molecule has 0 aliphatic carbocycles. The molecule has 1 aromatic heterocycles. The van der Waals surface area contributed by atoms with E-state index in [1.165, 1.54) is 0 Å². The average molecular weight is 564 g/mol. The molecule has 0 aliphatic rings. The molecule has 4 atom stereocenters. The largest absolute Gasteiger partial charge is 0.480 e. The van der Waals surface area contributed by atoms with Gasteiger partial charge in [-0.1, -0.05) is 18.2 Å². The number of nitrogens with one attached hydrogen (secondary N) is 4. The van der Waals surface area contributed by atoms with Crippen LogP contribution in [0, 0.1) is 0 Å². The van der Waals surface area contributed by atoms with Gasteiger partial charge in [0.25, 0.3) is 0 Å². The van der Waals surface area contributed by atoms with Crippen LogP contribution in [0.4, 0.5) is 0 Å². The highest BCUT2D eigenvalue weighted by Gasteiger charge is 2.31. The number of fused-ring (bicyclic) bond motifs is 1. The topological polar surface area (TPSA) is 253 Å². The van der Waals surface area contributed by atoms with Crippen molar-refractivity contribution in [3.8, 4) is 0 Å². The second-order valence-corrected chi connectivity index (χ2v) is 9.25. The highest BCUT2D eigenvalue weighted by atomic mass is 32.1. The van der Waals surface area contributed by atoms with Gasteiger partial charge in [0, 0.05) is 42.1 Å². The first-order valence-electron chi connectivity index (χ1n) is 12.0. The second-order valence-electron chi connectivity index (χ2n) is 8.88. The van der Waals surface area contributed by atoms with Gasteiger partial charge in [0.05, 0.1) is 6.04 Å². The van der Waals surface area contributed by atoms with Gasteiger partial charge in [-0.05, 0) is 24.5 Å². The second kappa shape index (κ2) is 14.7. The lowest BCUT2D eigenvalue weighted by Crippen LogP contribution is -2.58. The summed E-state index contributed by atoms with van der Waals surface area (Å²) in [4.78, 5) is 75.8. The summed E-state index contributed by atoms with van der Waals surface area (Å²) < 4.78 is 0. The number of thiol groups is 1. The molecule has 0 spiro atoms. The summed E-state index contributed by atoms with van der Waals surface area (Å²) >= 11 is 3.95. The van der Waals surface area contributed by atoms with Crippen LogP contribution in [0.3, 0.4) is 0 Å². The van der Waals surface area contributed by atoms with Crippen LogP contribution in [-0.4, -0.2) is 75.5 Å². The highest BCUT2D eigenvalue weighted by molar-refractivity contribution is 7.80. The van der Waals surface area contributed by atoms with Gasteiger partial charge in [-0.2, -0.15) is 12.6 Å². The van der Waals surface area contributed by atoms with E-state index in [1.807, 2.05) is 18.2 Å². The number of primary amides is 2. The van der Waals surface area contributed by atoms with Gasteiger partial charge in [-0.15, -0.1) is 0 Å². The molecule has 2 aromatic rings. The standard InChI is InChI=1S/C24H33N7O7S/c25-14(5-7-19(26)32)21(34)29-16(6-8-20(27)33)22(35)30-17(23(36)31-18(11-39)24(37)38)9-12-10-28-15-4-2-1-3-13(12)15/h1-4,10,14,16-18,28,39H,5-9,11,25H2,(H2,26,32)(H2,27,33)(H,29,34)(H,30,35)(H,31,36)(H,37,38). The van der Waals surface area contributed by atoms with Crippen LogP contribution in [0.2, 0.25) is 0 Å². The number of aromatic nitrogens is 1. The van der Waals surface area contributed by atoms with Gasteiger partial charge in [0.1, 0.15) is 18.1 Å². The van der Waals surface area contributed by atoms with Gasteiger partial charge in [0.2, 0.25) is 29.5 Å². The van der Waals surface area contributed by atoms with Crippen LogP contribution < -0.4 is 33.2 Å². The SMILES string of the molecule is NC(=O)CCC(N)C(=O)NC(CCC(N)=O)C(=O)NC(Cc1c[nH]c2ccccc12)C(=O)NC(CS)C(=O)O. The summed E-state index contributed by atoms with van der Waals surface area (Å²) in [5, 5.41) is 17.4. The number of benzene rings is 1. The summed E-state index contributed by atoms with van der Waals surface area (Å²) in [6, 6.07) is 2.18. The maximum atomic E-state index is 13.3. The third-order valence-electron chi connectivity index (χ3n) is 5.88. The van der Waals surface area contributed by atoms with Crippen LogP contribution in [0.5, 0.6) is 0 Å². The third kappa shape index (κ3) is 9.61. The van der Waals surface area contributed by atoms with Crippen LogP contribution >= 0.6 is 12.6 Å². The molecule has 212 valence electrons. The maximum absolute atomic E-state index is 13.3. The molecule has 5 amide bonds. The van der Waals surface area contributed by atoms with E-state index in [0.717, 1.165) is 10.9 Å². The molecular weight excluding hydrogens is 530 g/mol. The van der Waals surface area contributed by atoms with Crippen molar-refractivity contribution < 1.29 is 33.9 Å². The highest BCUT2D eigenvalue weighted by Crippen LogP contribution is 2.19. The number of carbonyl (C=O) groups excluding carboxylic acids is 5. The van der Waals surface area contributed by atoms with Crippen molar-refractivity contribution in [2.24, 2.45) is 17.2 Å². The first-order chi connectivity index (χ1) is 18.4. The van der Waals surface area contributed by atoms with Gasteiger partial charge in [0.15, 0.2) is 0 Å². The Kier molecular flexibility index (Phi) is 11.7. The van der Waals surface area contributed by atoms with Crippen LogP contribution in [0.15, 0.2) is 30.5 Å². The van der Waals surface area contributed by atoms with E-state index >= 15 is 0 Å². The minimum atomic E-state index is -1.32. The molecule has 0 saturated carbocycles. The summed E-state index contributed by atoms with van der Waals surface area (Å²) in [7, 11) is 0. The number of H-pyrrole nitrogens is 1. The zero-order valence-corrected chi connectivity index (χ0v) is 21.9. The number of nitrogens with two attached hydrogens (primary N) is 3. The number of rotatable bonds is 16. The monoisotopic (exact) mass is 563 g/mol. The predicted octanol–water partition coefficient (Wildman–Crippen LogP) is -1.96. The fourth-order valence-electron chi connectivity index (χ4n) is 3.72. The van der Waals surface area contributed by atoms with Crippen molar-refractivity contribution in [2.75, 3.05) is 5.75 Å². The minimum Gasteiger partial charge on any atom is -0.480 e. The molecule has 4 unspecified atom stereocenters. The molecule has 1 heterocycles. The lowest BCUT2D eigenvalue weighted by Gasteiger charge is -2.25. The number of carboxylic acids is 1. The first-order valence-corrected chi connectivity index (χ1v) is 12.7. The molecule has 1 aromatic carbocycles. The molecule has 0 bridgehead atoms.